The summed E-state index contributed by atoms with van der Waals surface area (Å²) < 4.78 is 22.2. The molecule has 3 heterocycles. The number of amides is 2. The number of nitrogens with one attached hydrogen (secondary N) is 1. The Morgan fingerprint density at radius 1 is 1.09 bits per heavy atom. The number of anilines is 1. The number of nitrogens with zero attached hydrogens (tertiary/aromatic N) is 2. The fourth-order valence-electron chi connectivity index (χ4n) is 4.31. The van der Waals surface area contributed by atoms with Gasteiger partial charge in [0.2, 0.25) is 0 Å². The maximum absolute atomic E-state index is 13.4. The van der Waals surface area contributed by atoms with Gasteiger partial charge in [0.05, 0.1) is 38.7 Å². The van der Waals surface area contributed by atoms with Crippen LogP contribution >= 0.6 is 0 Å². The number of para-hydroxylation sites is 1. The third-order valence-electron chi connectivity index (χ3n) is 6.15. The van der Waals surface area contributed by atoms with Crippen LogP contribution in [0, 0.1) is 0 Å². The van der Waals surface area contributed by atoms with Crippen LogP contribution in [0.5, 0.6) is 11.5 Å². The van der Waals surface area contributed by atoms with E-state index in [2.05, 4.69) is 5.32 Å². The minimum absolute atomic E-state index is 0.0894. The SMILES string of the molecule is COc1cc(C2Nc3ccccc3C(=O)N2Cc2ccco2)ccc1OCC(=O)N1CCOCC1. The number of hydrogen-bond acceptors (Lipinski definition) is 7. The highest BCUT2D eigenvalue weighted by Gasteiger charge is 2.34. The Kier molecular flexibility index (Phi) is 6.58. The summed E-state index contributed by atoms with van der Waals surface area (Å²) in [5.41, 5.74) is 2.17. The number of ether oxygens (including phenoxy) is 3. The number of carbonyl (C=O) groups excluding carboxylic acids is 2. The van der Waals surface area contributed by atoms with Crippen molar-refractivity contribution in [2.45, 2.75) is 12.7 Å². The van der Waals surface area contributed by atoms with Crippen molar-refractivity contribution in [1.82, 2.24) is 9.80 Å². The third kappa shape index (κ3) is 4.81. The van der Waals surface area contributed by atoms with Crippen LogP contribution in [0.25, 0.3) is 0 Å². The predicted molar refractivity (Wildman–Crippen MR) is 127 cm³/mol. The van der Waals surface area contributed by atoms with E-state index in [4.69, 9.17) is 18.6 Å². The second-order valence-electron chi connectivity index (χ2n) is 8.30. The molecule has 2 amide bonds. The van der Waals surface area contributed by atoms with E-state index >= 15 is 0 Å². The van der Waals surface area contributed by atoms with Gasteiger partial charge in [-0.2, -0.15) is 0 Å². The van der Waals surface area contributed by atoms with Crippen LogP contribution in [-0.2, 0) is 16.1 Å². The number of carbonyl (C=O) groups is 2. The van der Waals surface area contributed by atoms with Crippen molar-refractivity contribution >= 4 is 17.5 Å². The smallest absolute Gasteiger partial charge is 0.260 e. The van der Waals surface area contributed by atoms with Crippen LogP contribution in [0.1, 0.15) is 27.8 Å². The monoisotopic (exact) mass is 477 g/mol. The second kappa shape index (κ2) is 10.1. The Labute approximate surface area is 203 Å². The Hall–Kier alpha value is -3.98. The number of morpholine rings is 1. The molecule has 182 valence electrons. The Bertz CT molecular complexity index is 1190. The average molecular weight is 478 g/mol. The number of methoxy groups -OCH3 is 1. The summed E-state index contributed by atoms with van der Waals surface area (Å²) in [4.78, 5) is 29.3. The van der Waals surface area contributed by atoms with Gasteiger partial charge in [0.1, 0.15) is 11.9 Å². The van der Waals surface area contributed by atoms with Crippen molar-refractivity contribution in [1.29, 1.82) is 0 Å². The summed E-state index contributed by atoms with van der Waals surface area (Å²) in [6.45, 7) is 2.41. The highest BCUT2D eigenvalue weighted by atomic mass is 16.5. The van der Waals surface area contributed by atoms with Gasteiger partial charge in [-0.3, -0.25) is 9.59 Å². The van der Waals surface area contributed by atoms with Gasteiger partial charge in [-0.1, -0.05) is 18.2 Å². The summed E-state index contributed by atoms with van der Waals surface area (Å²) in [6, 6.07) is 16.5. The first kappa shape index (κ1) is 22.8. The fourth-order valence-corrected chi connectivity index (χ4v) is 4.31. The highest BCUT2D eigenvalue weighted by Crippen LogP contribution is 2.37. The molecule has 0 saturated carbocycles. The van der Waals surface area contributed by atoms with Crippen LogP contribution in [0.4, 0.5) is 5.69 Å². The second-order valence-corrected chi connectivity index (χ2v) is 8.30. The largest absolute Gasteiger partial charge is 0.493 e. The average Bonchev–Trinajstić information content (AvgIpc) is 3.42. The minimum atomic E-state index is -0.458. The lowest BCUT2D eigenvalue weighted by Gasteiger charge is -2.38. The molecule has 1 atom stereocenters. The zero-order valence-electron chi connectivity index (χ0n) is 19.4. The molecule has 1 N–H and O–H groups in total. The van der Waals surface area contributed by atoms with Crippen molar-refractivity contribution in [3.05, 3.63) is 77.7 Å². The quantitative estimate of drug-likeness (QED) is 0.558. The Balaban J connectivity index is 1.38. The Morgan fingerprint density at radius 2 is 1.91 bits per heavy atom. The molecule has 3 aromatic rings. The lowest BCUT2D eigenvalue weighted by molar-refractivity contribution is -0.137. The summed E-state index contributed by atoms with van der Waals surface area (Å²) in [5.74, 6) is 1.41. The third-order valence-corrected chi connectivity index (χ3v) is 6.15. The molecule has 1 unspecified atom stereocenters. The van der Waals surface area contributed by atoms with Crippen molar-refractivity contribution in [2.24, 2.45) is 0 Å². The van der Waals surface area contributed by atoms with Gasteiger partial charge in [-0.05, 0) is 42.0 Å². The van der Waals surface area contributed by atoms with Gasteiger partial charge < -0.3 is 33.7 Å². The van der Waals surface area contributed by atoms with Gasteiger partial charge in [0.15, 0.2) is 18.1 Å². The predicted octanol–water partition coefficient (Wildman–Crippen LogP) is 3.29. The van der Waals surface area contributed by atoms with Crippen molar-refractivity contribution in [3.63, 3.8) is 0 Å². The number of hydrogen-bond donors (Lipinski definition) is 1. The van der Waals surface area contributed by atoms with E-state index in [1.54, 1.807) is 41.4 Å². The molecule has 1 aromatic heterocycles. The first-order chi connectivity index (χ1) is 17.1. The summed E-state index contributed by atoms with van der Waals surface area (Å²) >= 11 is 0. The lowest BCUT2D eigenvalue weighted by Crippen LogP contribution is -2.43. The minimum Gasteiger partial charge on any atom is -0.493 e. The van der Waals surface area contributed by atoms with Crippen LogP contribution in [-0.4, -0.2) is 61.6 Å². The van der Waals surface area contributed by atoms with Crippen molar-refractivity contribution in [3.8, 4) is 11.5 Å². The molecule has 1 fully saturated rings. The maximum Gasteiger partial charge on any atom is 0.260 e. The molecular weight excluding hydrogens is 450 g/mol. The molecule has 5 rings (SSSR count). The zero-order valence-corrected chi connectivity index (χ0v) is 19.4. The number of furan rings is 1. The van der Waals surface area contributed by atoms with E-state index in [1.165, 1.54) is 0 Å². The molecule has 0 bridgehead atoms. The molecule has 2 aromatic carbocycles. The number of benzene rings is 2. The molecule has 0 aliphatic carbocycles. The first-order valence-electron chi connectivity index (χ1n) is 11.5. The van der Waals surface area contributed by atoms with Gasteiger partial charge in [0.25, 0.3) is 11.8 Å². The zero-order chi connectivity index (χ0) is 24.2. The highest BCUT2D eigenvalue weighted by molar-refractivity contribution is 6.01. The molecule has 35 heavy (non-hydrogen) atoms. The summed E-state index contributed by atoms with van der Waals surface area (Å²) in [7, 11) is 1.55. The molecule has 0 spiro atoms. The fraction of sp³-hybridized carbons (Fsp3) is 0.308. The normalized spacial score (nSPS) is 17.5. The molecule has 9 nitrogen and oxygen atoms in total. The standard InChI is InChI=1S/C26H27N3O6/c1-32-23-15-18(8-9-22(23)35-17-24(30)28-10-13-33-14-11-28)25-27-21-7-3-2-6-20(21)26(31)29(25)16-19-5-4-12-34-19/h2-9,12,15,25,27H,10-11,13-14,16-17H2,1H3. The van der Waals surface area contributed by atoms with Gasteiger partial charge >= 0.3 is 0 Å². The molecule has 2 aliphatic rings. The molecule has 2 aliphatic heterocycles. The number of fused-ring (bicyclic) bond motifs is 1. The maximum atomic E-state index is 13.4. The molecule has 1 saturated heterocycles. The molecular formula is C26H27N3O6. The van der Waals surface area contributed by atoms with Crippen LogP contribution < -0.4 is 14.8 Å². The summed E-state index contributed by atoms with van der Waals surface area (Å²) in [5, 5.41) is 3.46. The topological polar surface area (TPSA) is 93.5 Å². The van der Waals surface area contributed by atoms with E-state index in [9.17, 15) is 9.59 Å². The van der Waals surface area contributed by atoms with Gasteiger partial charge in [-0.25, -0.2) is 0 Å². The number of rotatable bonds is 7. The van der Waals surface area contributed by atoms with Crippen LogP contribution in [0.3, 0.4) is 0 Å². The van der Waals surface area contributed by atoms with E-state index in [0.717, 1.165) is 11.3 Å². The lowest BCUT2D eigenvalue weighted by atomic mass is 10.0. The van der Waals surface area contributed by atoms with Crippen molar-refractivity contribution < 1.29 is 28.2 Å². The van der Waals surface area contributed by atoms with Crippen molar-refractivity contribution in [2.75, 3.05) is 45.3 Å². The molecule has 0 radical (unpaired) electrons. The first-order valence-corrected chi connectivity index (χ1v) is 11.5. The van der Waals surface area contributed by atoms with E-state index in [0.29, 0.717) is 55.7 Å². The van der Waals surface area contributed by atoms with E-state index < -0.39 is 6.17 Å². The summed E-state index contributed by atoms with van der Waals surface area (Å²) in [6.07, 6.45) is 1.13. The van der Waals surface area contributed by atoms with Crippen LogP contribution in [0.2, 0.25) is 0 Å². The van der Waals surface area contributed by atoms with E-state index in [1.807, 2.05) is 36.4 Å². The van der Waals surface area contributed by atoms with Crippen LogP contribution in [0.15, 0.2) is 65.3 Å². The van der Waals surface area contributed by atoms with E-state index in [-0.39, 0.29) is 18.4 Å². The Morgan fingerprint density at radius 3 is 2.69 bits per heavy atom. The molecule has 9 heteroatoms. The van der Waals surface area contributed by atoms with Gasteiger partial charge in [0, 0.05) is 18.8 Å². The van der Waals surface area contributed by atoms with Gasteiger partial charge in [-0.15, -0.1) is 0 Å².